The Balaban J connectivity index is 2.23. The van der Waals surface area contributed by atoms with Crippen LogP contribution in [0.25, 0.3) is 0 Å². The van der Waals surface area contributed by atoms with Gasteiger partial charge in [0.05, 0.1) is 11.0 Å². The molecule has 2 saturated carbocycles. The van der Waals surface area contributed by atoms with E-state index in [2.05, 4.69) is 6.58 Å². The van der Waals surface area contributed by atoms with Crippen LogP contribution in [0.5, 0.6) is 0 Å². The summed E-state index contributed by atoms with van der Waals surface area (Å²) in [6.45, 7) is 8.86. The summed E-state index contributed by atoms with van der Waals surface area (Å²) in [6.07, 6.45) is 2.71. The van der Waals surface area contributed by atoms with Crippen molar-refractivity contribution in [3.05, 3.63) is 12.2 Å². The first-order valence-corrected chi connectivity index (χ1v) is 7.88. The van der Waals surface area contributed by atoms with Crippen LogP contribution >= 0.6 is 0 Å². The number of hydrogen-bond donors (Lipinski definition) is 2. The van der Waals surface area contributed by atoms with Crippen LogP contribution in [-0.4, -0.2) is 33.4 Å². The number of ether oxygens (including phenoxy) is 1. The van der Waals surface area contributed by atoms with Gasteiger partial charge in [-0.15, -0.1) is 0 Å². The number of hydrogen-bond acceptors (Lipinski definition) is 4. The summed E-state index contributed by atoms with van der Waals surface area (Å²) in [6, 6.07) is 0. The zero-order valence-electron chi connectivity index (χ0n) is 13.6. The molecule has 0 amide bonds. The number of aliphatic hydroxyl groups is 1. The van der Waals surface area contributed by atoms with Crippen molar-refractivity contribution in [2.45, 2.75) is 70.5 Å². The van der Waals surface area contributed by atoms with Crippen LogP contribution in [0.15, 0.2) is 12.2 Å². The van der Waals surface area contributed by atoms with Crippen LogP contribution < -0.4 is 0 Å². The molecule has 0 aromatic carbocycles. The molecule has 4 atom stereocenters. The fraction of sp³-hybridized carbons (Fsp3) is 0.765. The van der Waals surface area contributed by atoms with Crippen LogP contribution in [-0.2, 0) is 14.3 Å². The lowest BCUT2D eigenvalue weighted by atomic mass is 9.55. The Morgan fingerprint density at radius 2 is 1.91 bits per heavy atom. The van der Waals surface area contributed by atoms with E-state index in [1.807, 2.05) is 13.8 Å². The molecule has 0 aliphatic heterocycles. The van der Waals surface area contributed by atoms with Gasteiger partial charge in [-0.2, -0.15) is 0 Å². The molecule has 5 heteroatoms. The highest BCUT2D eigenvalue weighted by Gasteiger charge is 2.57. The van der Waals surface area contributed by atoms with Crippen molar-refractivity contribution < 1.29 is 24.5 Å². The molecule has 0 aromatic heterocycles. The van der Waals surface area contributed by atoms with E-state index in [4.69, 9.17) is 4.74 Å². The standard InChI is InChI=1S/C17H26O5/c1-5-16(14(19)20)7-12-6-15(4,22-13(18)11(2)3)9-17(21,8-12)10-16/h12,21H,2,5-10H2,1,3-4H3,(H,19,20). The van der Waals surface area contributed by atoms with E-state index < -0.39 is 28.6 Å². The highest BCUT2D eigenvalue weighted by Crippen LogP contribution is 2.55. The van der Waals surface area contributed by atoms with Crippen molar-refractivity contribution in [3.63, 3.8) is 0 Å². The first kappa shape index (κ1) is 17.0. The second kappa shape index (κ2) is 5.37. The maximum Gasteiger partial charge on any atom is 0.333 e. The van der Waals surface area contributed by atoms with Crippen LogP contribution in [0, 0.1) is 11.3 Å². The van der Waals surface area contributed by atoms with Gasteiger partial charge < -0.3 is 14.9 Å². The van der Waals surface area contributed by atoms with Gasteiger partial charge in [-0.1, -0.05) is 13.5 Å². The number of carbonyl (C=O) groups is 2. The molecule has 2 rings (SSSR count). The number of carboxylic acids is 1. The van der Waals surface area contributed by atoms with E-state index in [1.54, 1.807) is 6.92 Å². The first-order chi connectivity index (χ1) is 10.0. The fourth-order valence-electron chi connectivity index (χ4n) is 4.57. The molecule has 2 bridgehead atoms. The Hall–Kier alpha value is -1.36. The third kappa shape index (κ3) is 3.05. The molecule has 22 heavy (non-hydrogen) atoms. The Labute approximate surface area is 131 Å². The number of esters is 1. The minimum atomic E-state index is -1.08. The number of carboxylic acid groups (broad SMARTS) is 1. The Kier molecular flexibility index (Phi) is 4.15. The van der Waals surface area contributed by atoms with Gasteiger partial charge in [-0.25, -0.2) is 4.79 Å². The summed E-state index contributed by atoms with van der Waals surface area (Å²) < 4.78 is 5.56. The van der Waals surface area contributed by atoms with Gasteiger partial charge in [0.1, 0.15) is 5.60 Å². The van der Waals surface area contributed by atoms with E-state index in [-0.39, 0.29) is 18.8 Å². The minimum Gasteiger partial charge on any atom is -0.481 e. The molecule has 0 heterocycles. The molecule has 0 aromatic rings. The topological polar surface area (TPSA) is 83.8 Å². The van der Waals surface area contributed by atoms with Gasteiger partial charge in [-0.3, -0.25) is 4.79 Å². The Bertz CT molecular complexity index is 513. The van der Waals surface area contributed by atoms with Crippen molar-refractivity contribution in [1.82, 2.24) is 0 Å². The van der Waals surface area contributed by atoms with Crippen LogP contribution in [0.4, 0.5) is 0 Å². The summed E-state index contributed by atoms with van der Waals surface area (Å²) in [5.74, 6) is -1.24. The molecule has 2 aliphatic rings. The second-order valence-electron chi connectivity index (χ2n) is 7.62. The zero-order chi connectivity index (χ0) is 16.8. The number of fused-ring (bicyclic) bond motifs is 2. The summed E-state index contributed by atoms with van der Waals surface area (Å²) >= 11 is 0. The van der Waals surface area contributed by atoms with E-state index in [1.165, 1.54) is 0 Å². The van der Waals surface area contributed by atoms with Gasteiger partial charge in [0.25, 0.3) is 0 Å². The van der Waals surface area contributed by atoms with Gasteiger partial charge in [-0.05, 0) is 51.9 Å². The molecule has 0 radical (unpaired) electrons. The highest BCUT2D eigenvalue weighted by molar-refractivity contribution is 5.87. The summed E-state index contributed by atoms with van der Waals surface area (Å²) in [5.41, 5.74) is -2.37. The first-order valence-electron chi connectivity index (χ1n) is 7.88. The third-order valence-corrected chi connectivity index (χ3v) is 5.26. The molecule has 5 nitrogen and oxygen atoms in total. The van der Waals surface area contributed by atoms with Crippen LogP contribution in [0.2, 0.25) is 0 Å². The van der Waals surface area contributed by atoms with E-state index in [0.717, 1.165) is 0 Å². The zero-order valence-corrected chi connectivity index (χ0v) is 13.6. The summed E-state index contributed by atoms with van der Waals surface area (Å²) in [5, 5.41) is 20.5. The van der Waals surface area contributed by atoms with Crippen molar-refractivity contribution in [3.8, 4) is 0 Å². The van der Waals surface area contributed by atoms with E-state index in [9.17, 15) is 19.8 Å². The lowest BCUT2D eigenvalue weighted by molar-refractivity contribution is -0.197. The predicted octanol–water partition coefficient (Wildman–Crippen LogP) is 2.67. The predicted molar refractivity (Wildman–Crippen MR) is 81.2 cm³/mol. The van der Waals surface area contributed by atoms with Crippen LogP contribution in [0.1, 0.15) is 59.3 Å². The molecular weight excluding hydrogens is 284 g/mol. The lowest BCUT2D eigenvalue weighted by Gasteiger charge is -2.54. The van der Waals surface area contributed by atoms with Gasteiger partial charge >= 0.3 is 11.9 Å². The molecule has 2 N–H and O–H groups in total. The lowest BCUT2D eigenvalue weighted by Crippen LogP contribution is -2.57. The van der Waals surface area contributed by atoms with Crippen molar-refractivity contribution in [1.29, 1.82) is 0 Å². The average Bonchev–Trinajstić information content (AvgIpc) is 2.34. The molecular formula is C17H26O5. The molecule has 124 valence electrons. The molecule has 2 fully saturated rings. The number of aliphatic carboxylic acids is 1. The maximum atomic E-state index is 11.8. The third-order valence-electron chi connectivity index (χ3n) is 5.26. The normalized spacial score (nSPS) is 40.8. The molecule has 2 aliphatic carbocycles. The molecule has 0 saturated heterocycles. The van der Waals surface area contributed by atoms with Crippen LogP contribution in [0.3, 0.4) is 0 Å². The van der Waals surface area contributed by atoms with E-state index >= 15 is 0 Å². The van der Waals surface area contributed by atoms with Gasteiger partial charge in [0.15, 0.2) is 0 Å². The van der Waals surface area contributed by atoms with E-state index in [0.29, 0.717) is 31.3 Å². The van der Waals surface area contributed by atoms with Crippen molar-refractivity contribution in [2.24, 2.45) is 11.3 Å². The Morgan fingerprint density at radius 3 is 2.36 bits per heavy atom. The largest absolute Gasteiger partial charge is 0.481 e. The molecule has 4 unspecified atom stereocenters. The van der Waals surface area contributed by atoms with Crippen molar-refractivity contribution in [2.75, 3.05) is 0 Å². The van der Waals surface area contributed by atoms with Gasteiger partial charge in [0.2, 0.25) is 0 Å². The minimum absolute atomic E-state index is 0.0477. The van der Waals surface area contributed by atoms with Gasteiger partial charge in [0, 0.05) is 12.0 Å². The van der Waals surface area contributed by atoms with Crippen molar-refractivity contribution >= 4 is 11.9 Å². The summed E-state index contributed by atoms with van der Waals surface area (Å²) in [7, 11) is 0. The quantitative estimate of drug-likeness (QED) is 0.616. The number of carbonyl (C=O) groups excluding carboxylic acids is 1. The number of rotatable bonds is 4. The summed E-state index contributed by atoms with van der Waals surface area (Å²) in [4.78, 5) is 23.5. The fourth-order valence-corrected chi connectivity index (χ4v) is 4.57. The maximum absolute atomic E-state index is 11.8. The SMILES string of the molecule is C=C(C)C(=O)OC1(C)CC2CC(O)(C1)CC(CC)(C(=O)O)C2. The smallest absolute Gasteiger partial charge is 0.333 e. The second-order valence-corrected chi connectivity index (χ2v) is 7.62. The monoisotopic (exact) mass is 310 g/mol. The highest BCUT2D eigenvalue weighted by atomic mass is 16.6. The molecule has 0 spiro atoms. The Morgan fingerprint density at radius 1 is 1.27 bits per heavy atom. The average molecular weight is 310 g/mol.